The van der Waals surface area contributed by atoms with Gasteiger partial charge in [0, 0.05) is 19.1 Å². The van der Waals surface area contributed by atoms with Gasteiger partial charge in [0.2, 0.25) is 5.82 Å². The van der Waals surface area contributed by atoms with Crippen LogP contribution in [0.25, 0.3) is 0 Å². The summed E-state index contributed by atoms with van der Waals surface area (Å²) >= 11 is 0. The first-order valence-corrected chi connectivity index (χ1v) is 4.52. The minimum absolute atomic E-state index is 0.0731. The second-order valence-corrected chi connectivity index (χ2v) is 3.38. The van der Waals surface area contributed by atoms with Crippen molar-refractivity contribution in [2.45, 2.75) is 13.0 Å². The van der Waals surface area contributed by atoms with E-state index < -0.39 is 5.91 Å². The highest BCUT2D eigenvalue weighted by molar-refractivity contribution is 5.88. The fourth-order valence-corrected chi connectivity index (χ4v) is 1.49. The van der Waals surface area contributed by atoms with Crippen molar-refractivity contribution >= 4 is 5.91 Å². The van der Waals surface area contributed by atoms with E-state index in [4.69, 9.17) is 10.5 Å². The third-order valence-electron chi connectivity index (χ3n) is 2.23. The number of amides is 1. The summed E-state index contributed by atoms with van der Waals surface area (Å²) in [6, 6.07) is 0. The molecule has 6 nitrogen and oxygen atoms in total. The highest BCUT2D eigenvalue weighted by atomic mass is 16.5. The fourth-order valence-electron chi connectivity index (χ4n) is 1.49. The largest absolute Gasteiger partial charge is 0.381 e. The summed E-state index contributed by atoms with van der Waals surface area (Å²) in [7, 11) is 0. The van der Waals surface area contributed by atoms with Gasteiger partial charge in [-0.05, 0) is 6.42 Å². The number of rotatable bonds is 3. The normalized spacial score (nSPS) is 21.3. The highest BCUT2D eigenvalue weighted by Gasteiger charge is 2.17. The molecule has 1 aromatic heterocycles. The van der Waals surface area contributed by atoms with E-state index in [2.05, 4.69) is 10.1 Å². The molecule has 0 aliphatic carbocycles. The quantitative estimate of drug-likeness (QED) is 0.700. The van der Waals surface area contributed by atoms with Crippen molar-refractivity contribution in [1.82, 2.24) is 14.8 Å². The second-order valence-electron chi connectivity index (χ2n) is 3.38. The Kier molecular flexibility index (Phi) is 2.45. The van der Waals surface area contributed by atoms with Crippen molar-refractivity contribution < 1.29 is 9.53 Å². The molecule has 1 saturated heterocycles. The maximum atomic E-state index is 10.7. The van der Waals surface area contributed by atoms with Crippen LogP contribution in [-0.4, -0.2) is 33.9 Å². The molecule has 1 aromatic rings. The molecule has 6 heteroatoms. The van der Waals surface area contributed by atoms with Crippen LogP contribution in [-0.2, 0) is 11.3 Å². The van der Waals surface area contributed by atoms with Gasteiger partial charge < -0.3 is 10.5 Å². The minimum Gasteiger partial charge on any atom is -0.381 e. The van der Waals surface area contributed by atoms with Crippen molar-refractivity contribution in [3.05, 3.63) is 12.2 Å². The van der Waals surface area contributed by atoms with Crippen molar-refractivity contribution in [3.63, 3.8) is 0 Å². The molecular formula is C8H12N4O2. The summed E-state index contributed by atoms with van der Waals surface area (Å²) in [6.45, 7) is 2.30. The summed E-state index contributed by atoms with van der Waals surface area (Å²) in [5, 5.41) is 3.95. The minimum atomic E-state index is -0.591. The van der Waals surface area contributed by atoms with E-state index in [-0.39, 0.29) is 5.82 Å². The first-order valence-electron chi connectivity index (χ1n) is 4.52. The number of ether oxygens (including phenoxy) is 1. The number of nitrogens with two attached hydrogens (primary N) is 1. The molecule has 76 valence electrons. The molecule has 2 heterocycles. The van der Waals surface area contributed by atoms with Gasteiger partial charge in [-0.1, -0.05) is 0 Å². The summed E-state index contributed by atoms with van der Waals surface area (Å²) < 4.78 is 6.87. The predicted molar refractivity (Wildman–Crippen MR) is 47.5 cm³/mol. The van der Waals surface area contributed by atoms with Gasteiger partial charge >= 0.3 is 0 Å². The second kappa shape index (κ2) is 3.75. The summed E-state index contributed by atoms with van der Waals surface area (Å²) in [6.07, 6.45) is 2.56. The molecule has 2 N–H and O–H groups in total. The van der Waals surface area contributed by atoms with E-state index in [1.54, 1.807) is 4.68 Å². The van der Waals surface area contributed by atoms with E-state index in [1.807, 2.05) is 0 Å². The molecule has 1 amide bonds. The Bertz CT molecular complexity index is 330. The van der Waals surface area contributed by atoms with Crippen LogP contribution < -0.4 is 5.73 Å². The number of hydrogen-bond acceptors (Lipinski definition) is 4. The fraction of sp³-hybridized carbons (Fsp3) is 0.625. The van der Waals surface area contributed by atoms with Crippen LogP contribution in [0.1, 0.15) is 17.0 Å². The van der Waals surface area contributed by atoms with Gasteiger partial charge in [0.25, 0.3) is 5.91 Å². The zero-order chi connectivity index (χ0) is 9.97. The smallest absolute Gasteiger partial charge is 0.288 e. The molecule has 2 rings (SSSR count). The molecule has 0 bridgehead atoms. The third kappa shape index (κ3) is 1.90. The van der Waals surface area contributed by atoms with Gasteiger partial charge in [0.15, 0.2) is 0 Å². The topological polar surface area (TPSA) is 83.0 Å². The average molecular weight is 196 g/mol. The molecule has 0 spiro atoms. The Balaban J connectivity index is 1.98. The van der Waals surface area contributed by atoms with E-state index in [0.717, 1.165) is 26.2 Å². The number of aromatic nitrogens is 3. The molecular weight excluding hydrogens is 184 g/mol. The van der Waals surface area contributed by atoms with E-state index >= 15 is 0 Å². The number of primary amides is 1. The lowest BCUT2D eigenvalue weighted by Crippen LogP contribution is -2.15. The Labute approximate surface area is 81.1 Å². The molecule has 1 aliphatic rings. The van der Waals surface area contributed by atoms with Crippen LogP contribution >= 0.6 is 0 Å². The van der Waals surface area contributed by atoms with E-state index in [0.29, 0.717) is 5.92 Å². The molecule has 1 aliphatic heterocycles. The van der Waals surface area contributed by atoms with Gasteiger partial charge in [-0.2, -0.15) is 0 Å². The predicted octanol–water partition coefficient (Wildman–Crippen LogP) is -0.587. The average Bonchev–Trinajstić information content (AvgIpc) is 2.75. The highest BCUT2D eigenvalue weighted by Crippen LogP contribution is 2.13. The molecule has 0 aromatic carbocycles. The number of carbonyl (C=O) groups is 1. The van der Waals surface area contributed by atoms with Crippen molar-refractivity contribution in [2.24, 2.45) is 11.7 Å². The first kappa shape index (κ1) is 9.14. The summed E-state index contributed by atoms with van der Waals surface area (Å²) in [4.78, 5) is 14.5. The third-order valence-corrected chi connectivity index (χ3v) is 2.23. The molecule has 1 unspecified atom stereocenters. The Morgan fingerprint density at radius 2 is 2.64 bits per heavy atom. The SMILES string of the molecule is NC(=O)c1ncn(CC2CCOC2)n1. The Hall–Kier alpha value is -1.43. The lowest BCUT2D eigenvalue weighted by Gasteiger charge is -2.05. The zero-order valence-electron chi connectivity index (χ0n) is 7.72. The van der Waals surface area contributed by atoms with Crippen molar-refractivity contribution in [2.75, 3.05) is 13.2 Å². The molecule has 0 saturated carbocycles. The van der Waals surface area contributed by atoms with Crippen LogP contribution in [0, 0.1) is 5.92 Å². The Morgan fingerprint density at radius 3 is 3.21 bits per heavy atom. The van der Waals surface area contributed by atoms with Crippen molar-refractivity contribution in [3.8, 4) is 0 Å². The number of nitrogens with zero attached hydrogens (tertiary/aromatic N) is 3. The monoisotopic (exact) mass is 196 g/mol. The zero-order valence-corrected chi connectivity index (χ0v) is 7.72. The molecule has 1 atom stereocenters. The summed E-state index contributed by atoms with van der Waals surface area (Å²) in [5.74, 6) is -0.0484. The van der Waals surface area contributed by atoms with Gasteiger partial charge in [-0.3, -0.25) is 9.48 Å². The van der Waals surface area contributed by atoms with Crippen LogP contribution in [0.3, 0.4) is 0 Å². The standard InChI is InChI=1S/C8H12N4O2/c9-7(13)8-10-5-12(11-8)3-6-1-2-14-4-6/h5-6H,1-4H2,(H2,9,13). The molecule has 1 fully saturated rings. The van der Waals surface area contributed by atoms with E-state index in [1.165, 1.54) is 6.33 Å². The van der Waals surface area contributed by atoms with Gasteiger partial charge in [-0.25, -0.2) is 4.98 Å². The van der Waals surface area contributed by atoms with Crippen LogP contribution in [0.5, 0.6) is 0 Å². The van der Waals surface area contributed by atoms with Gasteiger partial charge in [0.1, 0.15) is 6.33 Å². The first-order chi connectivity index (χ1) is 6.75. The van der Waals surface area contributed by atoms with Crippen molar-refractivity contribution in [1.29, 1.82) is 0 Å². The van der Waals surface area contributed by atoms with Crippen LogP contribution in [0.15, 0.2) is 6.33 Å². The Morgan fingerprint density at radius 1 is 1.79 bits per heavy atom. The summed E-state index contributed by atoms with van der Waals surface area (Å²) in [5.41, 5.74) is 5.03. The van der Waals surface area contributed by atoms with Gasteiger partial charge in [-0.15, -0.1) is 5.10 Å². The van der Waals surface area contributed by atoms with Gasteiger partial charge in [0.05, 0.1) is 6.61 Å². The van der Waals surface area contributed by atoms with Crippen LogP contribution in [0.4, 0.5) is 0 Å². The van der Waals surface area contributed by atoms with Crippen LogP contribution in [0.2, 0.25) is 0 Å². The maximum absolute atomic E-state index is 10.7. The number of hydrogen-bond donors (Lipinski definition) is 1. The lowest BCUT2D eigenvalue weighted by molar-refractivity contribution is 0.0990. The number of carbonyl (C=O) groups excluding carboxylic acids is 1. The molecule has 14 heavy (non-hydrogen) atoms. The maximum Gasteiger partial charge on any atom is 0.288 e. The molecule has 0 radical (unpaired) electrons. The van der Waals surface area contributed by atoms with E-state index in [9.17, 15) is 4.79 Å². The lowest BCUT2D eigenvalue weighted by atomic mass is 10.1.